The Balaban J connectivity index is 1.55. The summed E-state index contributed by atoms with van der Waals surface area (Å²) in [6.07, 6.45) is 3.23. The van der Waals surface area contributed by atoms with Crippen molar-refractivity contribution in [2.75, 3.05) is 16.8 Å². The van der Waals surface area contributed by atoms with E-state index in [0.29, 0.717) is 29.3 Å². The molecule has 2 aliphatic heterocycles. The van der Waals surface area contributed by atoms with Gasteiger partial charge in [0.25, 0.3) is 11.8 Å². The van der Waals surface area contributed by atoms with E-state index in [1.54, 1.807) is 48.6 Å². The van der Waals surface area contributed by atoms with E-state index < -0.39 is 0 Å². The molecule has 0 bridgehead atoms. The number of hydrogen-bond donors (Lipinski definition) is 0. The van der Waals surface area contributed by atoms with Crippen LogP contribution in [0.4, 0.5) is 11.5 Å². The number of amides is 2. The van der Waals surface area contributed by atoms with E-state index in [1.165, 1.54) is 4.90 Å². The van der Waals surface area contributed by atoms with E-state index >= 15 is 0 Å². The lowest BCUT2D eigenvalue weighted by molar-refractivity contribution is -0.113. The van der Waals surface area contributed by atoms with Crippen LogP contribution in [0, 0.1) is 0 Å². The Morgan fingerprint density at radius 2 is 1.57 bits per heavy atom. The fraction of sp³-hybridized carbons (Fsp3) is 0.0909. The summed E-state index contributed by atoms with van der Waals surface area (Å²) < 4.78 is 0. The maximum Gasteiger partial charge on any atom is 0.281 e. The molecule has 2 aliphatic rings. The van der Waals surface area contributed by atoms with Crippen molar-refractivity contribution in [3.8, 4) is 0 Å². The number of nitrogens with zero attached hydrogens (tertiary/aromatic N) is 6. The van der Waals surface area contributed by atoms with Gasteiger partial charge < -0.3 is 4.90 Å². The molecule has 2 amide bonds. The minimum atomic E-state index is -0.314. The SMILES string of the molecule is CN1C(=O)/C(=N\N=C2/C(=O)N(Cc3ccccc3)c3ncccc32)c2ncccc21. The molecule has 0 N–H and O–H groups in total. The first-order valence-corrected chi connectivity index (χ1v) is 9.35. The molecule has 5 rings (SSSR count). The molecule has 8 nitrogen and oxygen atoms in total. The fourth-order valence-electron chi connectivity index (χ4n) is 3.56. The summed E-state index contributed by atoms with van der Waals surface area (Å²) in [4.78, 5) is 37.4. The molecule has 30 heavy (non-hydrogen) atoms. The monoisotopic (exact) mass is 396 g/mol. The predicted octanol–water partition coefficient (Wildman–Crippen LogP) is 2.19. The van der Waals surface area contributed by atoms with Gasteiger partial charge in [0, 0.05) is 19.4 Å². The van der Waals surface area contributed by atoms with Crippen LogP contribution in [0.15, 0.2) is 77.2 Å². The lowest BCUT2D eigenvalue weighted by Gasteiger charge is -2.15. The van der Waals surface area contributed by atoms with Crippen molar-refractivity contribution in [3.63, 3.8) is 0 Å². The van der Waals surface area contributed by atoms with Crippen molar-refractivity contribution in [1.29, 1.82) is 0 Å². The quantitative estimate of drug-likeness (QED) is 0.635. The largest absolute Gasteiger partial charge is 0.308 e. The molecule has 0 atom stereocenters. The number of benzene rings is 1. The van der Waals surface area contributed by atoms with Crippen molar-refractivity contribution in [3.05, 3.63) is 83.8 Å². The molecule has 3 aromatic rings. The van der Waals surface area contributed by atoms with Crippen LogP contribution in [0.25, 0.3) is 0 Å². The van der Waals surface area contributed by atoms with E-state index in [-0.39, 0.29) is 23.2 Å². The van der Waals surface area contributed by atoms with Crippen molar-refractivity contribution in [2.24, 2.45) is 10.2 Å². The van der Waals surface area contributed by atoms with Gasteiger partial charge in [-0.05, 0) is 29.8 Å². The summed E-state index contributed by atoms with van der Waals surface area (Å²) in [5.74, 6) is -0.0957. The van der Waals surface area contributed by atoms with E-state index in [9.17, 15) is 9.59 Å². The van der Waals surface area contributed by atoms with Gasteiger partial charge in [-0.15, -0.1) is 10.2 Å². The number of fused-ring (bicyclic) bond motifs is 2. The number of carbonyl (C=O) groups is 2. The molecule has 2 aromatic heterocycles. The molecule has 0 spiro atoms. The Morgan fingerprint density at radius 1 is 0.833 bits per heavy atom. The van der Waals surface area contributed by atoms with Crippen molar-refractivity contribution in [2.45, 2.75) is 6.54 Å². The third-order valence-electron chi connectivity index (χ3n) is 5.06. The van der Waals surface area contributed by atoms with Crippen LogP contribution in [0.1, 0.15) is 16.8 Å². The van der Waals surface area contributed by atoms with Gasteiger partial charge in [-0.25, -0.2) is 4.98 Å². The Morgan fingerprint density at radius 3 is 2.40 bits per heavy atom. The van der Waals surface area contributed by atoms with E-state index in [1.807, 2.05) is 30.3 Å². The average molecular weight is 396 g/mol. The second-order valence-corrected chi connectivity index (χ2v) is 6.88. The van der Waals surface area contributed by atoms with Crippen LogP contribution < -0.4 is 9.80 Å². The zero-order valence-corrected chi connectivity index (χ0v) is 16.1. The highest BCUT2D eigenvalue weighted by molar-refractivity contribution is 6.55. The standard InChI is InChI=1S/C22H16N6O2/c1-27-16-10-6-11-23-18(16)19(21(27)29)26-25-17-15-9-5-12-24-20(15)28(22(17)30)13-14-7-3-2-4-8-14/h2-12H,13H2,1H3/b25-17-,26-19-. The summed E-state index contributed by atoms with van der Waals surface area (Å²) in [6.45, 7) is 0.366. The van der Waals surface area contributed by atoms with Gasteiger partial charge in [-0.1, -0.05) is 30.3 Å². The van der Waals surface area contributed by atoms with Gasteiger partial charge in [-0.3, -0.25) is 19.5 Å². The fourth-order valence-corrected chi connectivity index (χ4v) is 3.56. The molecule has 0 saturated heterocycles. The normalized spacial score (nSPS) is 17.8. The summed E-state index contributed by atoms with van der Waals surface area (Å²) >= 11 is 0. The highest BCUT2D eigenvalue weighted by Crippen LogP contribution is 2.29. The smallest absolute Gasteiger partial charge is 0.281 e. The van der Waals surface area contributed by atoms with Crippen LogP contribution in [0.5, 0.6) is 0 Å². The third-order valence-corrected chi connectivity index (χ3v) is 5.06. The predicted molar refractivity (Wildman–Crippen MR) is 113 cm³/mol. The van der Waals surface area contributed by atoms with Crippen molar-refractivity contribution >= 4 is 34.7 Å². The highest BCUT2D eigenvalue weighted by Gasteiger charge is 2.36. The number of hydrogen-bond acceptors (Lipinski definition) is 6. The van der Waals surface area contributed by atoms with E-state index in [2.05, 4.69) is 20.2 Å². The number of anilines is 2. The third kappa shape index (κ3) is 2.77. The van der Waals surface area contributed by atoms with Gasteiger partial charge in [0.15, 0.2) is 11.4 Å². The van der Waals surface area contributed by atoms with Crippen LogP contribution in [-0.2, 0) is 16.1 Å². The Hall–Kier alpha value is -4.20. The number of pyridine rings is 2. The van der Waals surface area contributed by atoms with Gasteiger partial charge in [0.1, 0.15) is 11.5 Å². The molecule has 0 unspecified atom stereocenters. The van der Waals surface area contributed by atoms with Crippen LogP contribution in [0.3, 0.4) is 0 Å². The highest BCUT2D eigenvalue weighted by atomic mass is 16.2. The maximum absolute atomic E-state index is 13.1. The molecule has 0 fully saturated rings. The van der Waals surface area contributed by atoms with Crippen LogP contribution in [0.2, 0.25) is 0 Å². The Labute approximate surface area is 172 Å². The lowest BCUT2D eigenvalue weighted by Crippen LogP contribution is -2.30. The van der Waals surface area contributed by atoms with E-state index in [0.717, 1.165) is 5.56 Å². The molecular weight excluding hydrogens is 380 g/mol. The van der Waals surface area contributed by atoms with Gasteiger partial charge >= 0.3 is 0 Å². The number of carbonyl (C=O) groups excluding carboxylic acids is 2. The molecule has 146 valence electrons. The van der Waals surface area contributed by atoms with Gasteiger partial charge in [-0.2, -0.15) is 0 Å². The summed E-state index contributed by atoms with van der Waals surface area (Å²) in [5.41, 5.74) is 2.93. The van der Waals surface area contributed by atoms with Crippen LogP contribution >= 0.6 is 0 Å². The van der Waals surface area contributed by atoms with Crippen LogP contribution in [-0.4, -0.2) is 40.3 Å². The number of likely N-dealkylation sites (N-methyl/N-ethyl adjacent to an activating group) is 1. The molecule has 4 heterocycles. The van der Waals surface area contributed by atoms with Gasteiger partial charge in [0.05, 0.1) is 17.8 Å². The molecule has 0 aliphatic carbocycles. The average Bonchev–Trinajstić information content (AvgIpc) is 3.19. The number of aromatic nitrogens is 2. The molecule has 0 radical (unpaired) electrons. The van der Waals surface area contributed by atoms with Gasteiger partial charge in [0.2, 0.25) is 0 Å². The second kappa shape index (κ2) is 7.00. The molecule has 8 heteroatoms. The van der Waals surface area contributed by atoms with Crippen molar-refractivity contribution in [1.82, 2.24) is 9.97 Å². The van der Waals surface area contributed by atoms with E-state index in [4.69, 9.17) is 0 Å². The summed E-state index contributed by atoms with van der Waals surface area (Å²) in [6, 6.07) is 16.7. The zero-order chi connectivity index (χ0) is 20.7. The first-order valence-electron chi connectivity index (χ1n) is 9.35. The molecular formula is C22H16N6O2. The minimum absolute atomic E-state index is 0.111. The second-order valence-electron chi connectivity index (χ2n) is 6.88. The lowest BCUT2D eigenvalue weighted by atomic mass is 10.2. The maximum atomic E-state index is 13.1. The molecule has 0 saturated carbocycles. The zero-order valence-electron chi connectivity index (χ0n) is 16.1. The first-order chi connectivity index (χ1) is 14.6. The first kappa shape index (κ1) is 17.9. The Bertz CT molecular complexity index is 1240. The Kier molecular flexibility index (Phi) is 4.17. The topological polar surface area (TPSA) is 91.1 Å². The minimum Gasteiger partial charge on any atom is -0.308 e. The van der Waals surface area contributed by atoms with Crippen molar-refractivity contribution < 1.29 is 9.59 Å². The summed E-state index contributed by atoms with van der Waals surface area (Å²) in [5, 5.41) is 8.33. The number of rotatable bonds is 3. The summed E-state index contributed by atoms with van der Waals surface area (Å²) in [7, 11) is 1.65. The molecule has 1 aromatic carbocycles.